The zero-order valence-electron chi connectivity index (χ0n) is 11.7. The highest BCUT2D eigenvalue weighted by Gasteiger charge is 2.12. The van der Waals surface area contributed by atoms with Crippen molar-refractivity contribution < 1.29 is 4.92 Å². The Balaban J connectivity index is 2.18. The molecule has 0 aliphatic carbocycles. The van der Waals surface area contributed by atoms with Crippen LogP contribution < -0.4 is 5.73 Å². The van der Waals surface area contributed by atoms with Crippen LogP contribution in [0.1, 0.15) is 29.5 Å². The maximum Gasteiger partial charge on any atom is 0.272 e. The molecule has 0 saturated heterocycles. The van der Waals surface area contributed by atoms with Crippen molar-refractivity contribution in [3.63, 3.8) is 0 Å². The Kier molecular flexibility index (Phi) is 4.03. The molecule has 2 rings (SSSR count). The second-order valence-electron chi connectivity index (χ2n) is 5.15. The van der Waals surface area contributed by atoms with E-state index in [2.05, 4.69) is 13.0 Å². The molecule has 4 heteroatoms. The third-order valence-corrected chi connectivity index (χ3v) is 3.48. The van der Waals surface area contributed by atoms with Gasteiger partial charge in [-0.3, -0.25) is 10.1 Å². The molecule has 0 fully saturated rings. The average Bonchev–Trinajstić information content (AvgIpc) is 2.38. The van der Waals surface area contributed by atoms with Gasteiger partial charge in [0.05, 0.1) is 4.92 Å². The minimum Gasteiger partial charge on any atom is -0.399 e. The summed E-state index contributed by atoms with van der Waals surface area (Å²) >= 11 is 0. The van der Waals surface area contributed by atoms with E-state index in [0.29, 0.717) is 11.5 Å². The highest BCUT2D eigenvalue weighted by atomic mass is 16.6. The van der Waals surface area contributed by atoms with Crippen molar-refractivity contribution in [3.05, 3.63) is 69.3 Å². The molecule has 0 bridgehead atoms. The Bertz CT molecular complexity index is 638. The Hall–Kier alpha value is -2.36. The number of nitro benzene ring substituents is 1. The molecule has 1 atom stereocenters. The van der Waals surface area contributed by atoms with Crippen molar-refractivity contribution in [2.75, 3.05) is 5.73 Å². The number of anilines is 1. The van der Waals surface area contributed by atoms with E-state index in [-0.39, 0.29) is 10.6 Å². The summed E-state index contributed by atoms with van der Waals surface area (Å²) in [6, 6.07) is 13.1. The Labute approximate surface area is 118 Å². The van der Waals surface area contributed by atoms with Crippen LogP contribution in [-0.2, 0) is 6.42 Å². The molecule has 0 radical (unpaired) electrons. The maximum atomic E-state index is 10.8. The van der Waals surface area contributed by atoms with Gasteiger partial charge in [-0.2, -0.15) is 0 Å². The summed E-state index contributed by atoms with van der Waals surface area (Å²) < 4.78 is 0. The van der Waals surface area contributed by atoms with Gasteiger partial charge in [-0.15, -0.1) is 0 Å². The molecule has 4 nitrogen and oxygen atoms in total. The number of nitrogens with zero attached hydrogens (tertiary/aromatic N) is 1. The number of benzene rings is 2. The second-order valence-corrected chi connectivity index (χ2v) is 5.15. The SMILES string of the molecule is Cc1cc(CC(C)c2cccc(N)c2)ccc1[N+](=O)[O-]. The fourth-order valence-electron chi connectivity index (χ4n) is 2.39. The first-order valence-corrected chi connectivity index (χ1v) is 6.56. The number of nitrogen functional groups attached to an aromatic ring is 1. The molecule has 0 spiro atoms. The molecule has 0 amide bonds. The lowest BCUT2D eigenvalue weighted by Gasteiger charge is -2.13. The van der Waals surface area contributed by atoms with Crippen LogP contribution in [0, 0.1) is 17.0 Å². The average molecular weight is 270 g/mol. The maximum absolute atomic E-state index is 10.8. The molecule has 2 aromatic carbocycles. The molecule has 0 aromatic heterocycles. The minimum atomic E-state index is -0.347. The largest absolute Gasteiger partial charge is 0.399 e. The van der Waals surface area contributed by atoms with Gasteiger partial charge in [0.25, 0.3) is 5.69 Å². The Morgan fingerprint density at radius 3 is 2.60 bits per heavy atom. The fourth-order valence-corrected chi connectivity index (χ4v) is 2.39. The minimum absolute atomic E-state index is 0.172. The molecule has 0 aliphatic heterocycles. The summed E-state index contributed by atoms with van der Waals surface area (Å²) in [4.78, 5) is 10.5. The fraction of sp³-hybridized carbons (Fsp3) is 0.250. The van der Waals surface area contributed by atoms with Gasteiger partial charge in [-0.1, -0.05) is 25.1 Å². The topological polar surface area (TPSA) is 69.2 Å². The molecule has 1 unspecified atom stereocenters. The predicted octanol–water partition coefficient (Wildman–Crippen LogP) is 3.83. The Morgan fingerprint density at radius 1 is 1.25 bits per heavy atom. The number of aryl methyl sites for hydroxylation is 1. The van der Waals surface area contributed by atoms with Crippen molar-refractivity contribution in [3.8, 4) is 0 Å². The van der Waals surface area contributed by atoms with E-state index in [0.717, 1.165) is 17.7 Å². The lowest BCUT2D eigenvalue weighted by molar-refractivity contribution is -0.385. The first-order chi connectivity index (χ1) is 9.47. The van der Waals surface area contributed by atoms with E-state index in [1.807, 2.05) is 30.3 Å². The Morgan fingerprint density at radius 2 is 2.00 bits per heavy atom. The number of rotatable bonds is 4. The van der Waals surface area contributed by atoms with Crippen molar-refractivity contribution >= 4 is 11.4 Å². The van der Waals surface area contributed by atoms with E-state index in [1.165, 1.54) is 5.56 Å². The zero-order chi connectivity index (χ0) is 14.7. The number of hydrogen-bond donors (Lipinski definition) is 1. The molecule has 0 saturated carbocycles. The monoisotopic (exact) mass is 270 g/mol. The normalized spacial score (nSPS) is 12.1. The number of hydrogen-bond acceptors (Lipinski definition) is 3. The first kappa shape index (κ1) is 14.1. The molecule has 2 N–H and O–H groups in total. The van der Waals surface area contributed by atoms with Gasteiger partial charge in [0.1, 0.15) is 0 Å². The van der Waals surface area contributed by atoms with Crippen molar-refractivity contribution in [2.24, 2.45) is 0 Å². The van der Waals surface area contributed by atoms with E-state index in [1.54, 1.807) is 13.0 Å². The van der Waals surface area contributed by atoms with Gasteiger partial charge < -0.3 is 5.73 Å². The summed E-state index contributed by atoms with van der Waals surface area (Å²) in [6.45, 7) is 3.90. The van der Waals surface area contributed by atoms with Gasteiger partial charge >= 0.3 is 0 Å². The van der Waals surface area contributed by atoms with Gasteiger partial charge in [-0.25, -0.2) is 0 Å². The van der Waals surface area contributed by atoms with Crippen molar-refractivity contribution in [1.82, 2.24) is 0 Å². The highest BCUT2D eigenvalue weighted by Crippen LogP contribution is 2.25. The molecular weight excluding hydrogens is 252 g/mol. The lowest BCUT2D eigenvalue weighted by Crippen LogP contribution is -2.00. The van der Waals surface area contributed by atoms with Crippen LogP contribution in [0.2, 0.25) is 0 Å². The third kappa shape index (κ3) is 3.15. The standard InChI is InChI=1S/C16H18N2O2/c1-11(14-4-3-5-15(17)10-14)8-13-6-7-16(18(19)20)12(2)9-13/h3-7,9-11H,8,17H2,1-2H3. The smallest absolute Gasteiger partial charge is 0.272 e. The molecular formula is C16H18N2O2. The summed E-state index contributed by atoms with van der Waals surface area (Å²) in [5.41, 5.74) is 9.70. The van der Waals surface area contributed by atoms with Crippen LogP contribution in [0.5, 0.6) is 0 Å². The molecule has 0 aliphatic rings. The quantitative estimate of drug-likeness (QED) is 0.521. The van der Waals surface area contributed by atoms with Gasteiger partial charge in [0.15, 0.2) is 0 Å². The number of nitro groups is 1. The molecule has 0 heterocycles. The van der Waals surface area contributed by atoms with E-state index >= 15 is 0 Å². The van der Waals surface area contributed by atoms with Crippen LogP contribution in [0.3, 0.4) is 0 Å². The first-order valence-electron chi connectivity index (χ1n) is 6.56. The van der Waals surface area contributed by atoms with Crippen molar-refractivity contribution in [1.29, 1.82) is 0 Å². The summed E-state index contributed by atoms with van der Waals surface area (Å²) in [5, 5.41) is 10.8. The highest BCUT2D eigenvalue weighted by molar-refractivity contribution is 5.44. The van der Waals surface area contributed by atoms with Crippen LogP contribution >= 0.6 is 0 Å². The van der Waals surface area contributed by atoms with E-state index < -0.39 is 0 Å². The van der Waals surface area contributed by atoms with E-state index in [4.69, 9.17) is 5.73 Å². The number of nitrogens with two attached hydrogens (primary N) is 1. The van der Waals surface area contributed by atoms with Crippen LogP contribution in [0.4, 0.5) is 11.4 Å². The third-order valence-electron chi connectivity index (χ3n) is 3.48. The van der Waals surface area contributed by atoms with Crippen LogP contribution in [0.15, 0.2) is 42.5 Å². The molecule has 104 valence electrons. The molecule has 20 heavy (non-hydrogen) atoms. The molecule has 2 aromatic rings. The summed E-state index contributed by atoms with van der Waals surface area (Å²) in [6.07, 6.45) is 0.836. The predicted molar refractivity (Wildman–Crippen MR) is 80.8 cm³/mol. The van der Waals surface area contributed by atoms with Gasteiger partial charge in [0, 0.05) is 17.3 Å². The van der Waals surface area contributed by atoms with E-state index in [9.17, 15) is 10.1 Å². The lowest BCUT2D eigenvalue weighted by atomic mass is 9.92. The summed E-state index contributed by atoms with van der Waals surface area (Å²) in [5.74, 6) is 0.319. The van der Waals surface area contributed by atoms with Gasteiger partial charge in [-0.05, 0) is 48.6 Å². The van der Waals surface area contributed by atoms with Gasteiger partial charge in [0.2, 0.25) is 0 Å². The summed E-state index contributed by atoms with van der Waals surface area (Å²) in [7, 11) is 0. The van der Waals surface area contributed by atoms with Crippen LogP contribution in [0.25, 0.3) is 0 Å². The van der Waals surface area contributed by atoms with Crippen LogP contribution in [-0.4, -0.2) is 4.92 Å². The second kappa shape index (κ2) is 5.74. The van der Waals surface area contributed by atoms with Crippen molar-refractivity contribution in [2.45, 2.75) is 26.2 Å². The zero-order valence-corrected chi connectivity index (χ0v) is 11.7.